The zero-order chi connectivity index (χ0) is 35.3. The fourth-order valence-corrected chi connectivity index (χ4v) is 6.85. The Morgan fingerprint density at radius 1 is 0.654 bits per heavy atom. The van der Waals surface area contributed by atoms with Gasteiger partial charge >= 0.3 is 0 Å². The lowest BCUT2D eigenvalue weighted by molar-refractivity contribution is 0.479. The van der Waals surface area contributed by atoms with Crippen LogP contribution in [0.2, 0.25) is 0 Å². The van der Waals surface area contributed by atoms with E-state index in [4.69, 9.17) is 14.9 Å². The van der Waals surface area contributed by atoms with Crippen LogP contribution in [0.3, 0.4) is 0 Å². The molecule has 3 heteroatoms. The highest BCUT2D eigenvalue weighted by Crippen LogP contribution is 2.35. The maximum atomic E-state index is 6.38. The van der Waals surface area contributed by atoms with E-state index < -0.39 is 0 Å². The molecular weight excluding hydrogens is 635 g/mol. The van der Waals surface area contributed by atoms with E-state index in [1.165, 1.54) is 27.5 Å². The van der Waals surface area contributed by atoms with E-state index in [1.807, 2.05) is 48.6 Å². The van der Waals surface area contributed by atoms with Crippen molar-refractivity contribution in [3.05, 3.63) is 223 Å². The number of hydrogen-bond donors (Lipinski definition) is 1. The number of benzene rings is 6. The van der Waals surface area contributed by atoms with Crippen LogP contribution in [0.5, 0.6) is 5.75 Å². The lowest BCUT2D eigenvalue weighted by Crippen LogP contribution is -1.95. The molecule has 2 N–H and O–H groups in total. The predicted molar refractivity (Wildman–Crippen MR) is 219 cm³/mol. The molecule has 0 amide bonds. The van der Waals surface area contributed by atoms with Gasteiger partial charge in [0.05, 0.1) is 6.26 Å². The van der Waals surface area contributed by atoms with Gasteiger partial charge in [0.25, 0.3) is 0 Å². The van der Waals surface area contributed by atoms with Crippen molar-refractivity contribution < 1.29 is 9.15 Å². The number of furan rings is 1. The zero-order valence-electron chi connectivity index (χ0n) is 28.7. The van der Waals surface area contributed by atoms with Crippen molar-refractivity contribution in [2.45, 2.75) is 6.42 Å². The van der Waals surface area contributed by atoms with Crippen LogP contribution >= 0.6 is 0 Å². The third kappa shape index (κ3) is 6.56. The lowest BCUT2D eigenvalue weighted by Gasteiger charge is -2.14. The number of para-hydroxylation sites is 1. The molecule has 8 rings (SSSR count). The van der Waals surface area contributed by atoms with Crippen LogP contribution in [0.25, 0.3) is 55.0 Å². The summed E-state index contributed by atoms with van der Waals surface area (Å²) in [6, 6.07) is 46.3. The topological polar surface area (TPSA) is 48.4 Å². The minimum absolute atomic E-state index is 0.721. The minimum atomic E-state index is 0.721. The number of ether oxygens (including phenoxy) is 1. The van der Waals surface area contributed by atoms with Crippen molar-refractivity contribution in [1.82, 2.24) is 0 Å². The molecule has 1 aliphatic rings. The molecule has 0 aliphatic carbocycles. The fourth-order valence-electron chi connectivity index (χ4n) is 6.85. The van der Waals surface area contributed by atoms with Crippen LogP contribution in [0, 0.1) is 0 Å². The quantitative estimate of drug-likeness (QED) is 0.164. The summed E-state index contributed by atoms with van der Waals surface area (Å²) < 4.78 is 12.0. The molecule has 0 saturated heterocycles. The summed E-state index contributed by atoms with van der Waals surface area (Å²) >= 11 is 0. The number of fused-ring (bicyclic) bond motifs is 5. The molecule has 2 heterocycles. The first-order chi connectivity index (χ1) is 25.7. The van der Waals surface area contributed by atoms with Gasteiger partial charge in [0.2, 0.25) is 0 Å². The van der Waals surface area contributed by atoms with Gasteiger partial charge in [-0.15, -0.1) is 0 Å². The van der Waals surface area contributed by atoms with E-state index in [0.717, 1.165) is 67.5 Å². The first-order valence-electron chi connectivity index (χ1n) is 17.5. The molecular formula is C49H37NO2. The van der Waals surface area contributed by atoms with Gasteiger partial charge in [-0.2, -0.15) is 0 Å². The highest BCUT2D eigenvalue weighted by Gasteiger charge is 2.13. The van der Waals surface area contributed by atoms with Crippen molar-refractivity contribution >= 4 is 55.0 Å². The normalized spacial score (nSPS) is 15.1. The van der Waals surface area contributed by atoms with Gasteiger partial charge in [-0.25, -0.2) is 0 Å². The monoisotopic (exact) mass is 671 g/mol. The standard InChI is InChI=1S/C49H37NO2/c1-34-14-11-12-29-51-47-27-25-39(31-45(34)47)40(33-50)30-37(38-26-28-49-46(32-38)44-22-9-10-24-48(44)52-49)18-6-8-21-41(35-15-3-2-4-16-35)43-23-13-19-36-17-5-7-20-42(36)43/h2-7,9-33H,1,8,50H2/b14-11-,18-6+,29-12-,37-30+,40-33?,41-21-. The third-order valence-electron chi connectivity index (χ3n) is 9.46. The smallest absolute Gasteiger partial charge is 0.135 e. The molecule has 0 fully saturated rings. The van der Waals surface area contributed by atoms with Crippen molar-refractivity contribution in [3.63, 3.8) is 0 Å². The Morgan fingerprint density at radius 2 is 1.40 bits per heavy atom. The molecule has 1 aromatic heterocycles. The summed E-state index contributed by atoms with van der Waals surface area (Å²) in [7, 11) is 0. The maximum absolute atomic E-state index is 6.38. The second-order valence-electron chi connectivity index (χ2n) is 12.7. The van der Waals surface area contributed by atoms with Gasteiger partial charge in [-0.05, 0) is 104 Å². The Morgan fingerprint density at radius 3 is 2.29 bits per heavy atom. The van der Waals surface area contributed by atoms with Gasteiger partial charge in [0.1, 0.15) is 16.9 Å². The second kappa shape index (κ2) is 14.6. The Hall–Kier alpha value is -6.84. The molecule has 0 unspecified atom stereocenters. The second-order valence-corrected chi connectivity index (χ2v) is 12.7. The summed E-state index contributed by atoms with van der Waals surface area (Å²) in [5, 5.41) is 4.62. The van der Waals surface area contributed by atoms with Crippen LogP contribution in [0.15, 0.2) is 199 Å². The molecule has 3 nitrogen and oxygen atoms in total. The predicted octanol–water partition coefficient (Wildman–Crippen LogP) is 12.7. The largest absolute Gasteiger partial charge is 0.464 e. The molecule has 0 saturated carbocycles. The summed E-state index contributed by atoms with van der Waals surface area (Å²) in [4.78, 5) is 0. The Balaban J connectivity index is 1.21. The molecule has 0 radical (unpaired) electrons. The summed E-state index contributed by atoms with van der Waals surface area (Å²) in [5.74, 6) is 0.749. The average molecular weight is 672 g/mol. The van der Waals surface area contributed by atoms with Crippen LogP contribution in [-0.4, -0.2) is 0 Å². The van der Waals surface area contributed by atoms with Crippen LogP contribution < -0.4 is 10.5 Å². The van der Waals surface area contributed by atoms with Crippen LogP contribution in [0.4, 0.5) is 0 Å². The van der Waals surface area contributed by atoms with Gasteiger partial charge in [-0.3, -0.25) is 0 Å². The molecule has 7 aromatic rings. The van der Waals surface area contributed by atoms with E-state index in [0.29, 0.717) is 0 Å². The molecule has 1 aliphatic heterocycles. The lowest BCUT2D eigenvalue weighted by atomic mass is 9.92. The fraction of sp³-hybridized carbons (Fsp3) is 0.0204. The molecule has 52 heavy (non-hydrogen) atoms. The first-order valence-corrected chi connectivity index (χ1v) is 17.5. The summed E-state index contributed by atoms with van der Waals surface area (Å²) in [5.41, 5.74) is 17.4. The van der Waals surface area contributed by atoms with Gasteiger partial charge in [0.15, 0.2) is 0 Å². The Labute approximate surface area is 304 Å². The Kier molecular flexibility index (Phi) is 9.06. The highest BCUT2D eigenvalue weighted by atomic mass is 16.5. The average Bonchev–Trinajstić information content (AvgIpc) is 3.56. The summed E-state index contributed by atoms with van der Waals surface area (Å²) in [6.07, 6.45) is 18.7. The first kappa shape index (κ1) is 32.4. The van der Waals surface area contributed by atoms with Crippen molar-refractivity contribution in [2.75, 3.05) is 0 Å². The zero-order valence-corrected chi connectivity index (χ0v) is 28.7. The van der Waals surface area contributed by atoms with Crippen LogP contribution in [-0.2, 0) is 0 Å². The van der Waals surface area contributed by atoms with E-state index in [9.17, 15) is 0 Å². The van der Waals surface area contributed by atoms with Crippen molar-refractivity contribution in [1.29, 1.82) is 0 Å². The van der Waals surface area contributed by atoms with E-state index in [-0.39, 0.29) is 0 Å². The van der Waals surface area contributed by atoms with E-state index in [2.05, 4.69) is 134 Å². The van der Waals surface area contributed by atoms with Crippen molar-refractivity contribution in [2.24, 2.45) is 5.73 Å². The van der Waals surface area contributed by atoms with Crippen LogP contribution in [0.1, 0.15) is 34.2 Å². The number of hydrogen-bond acceptors (Lipinski definition) is 3. The number of allylic oxidation sites excluding steroid dienone is 10. The third-order valence-corrected chi connectivity index (χ3v) is 9.46. The van der Waals surface area contributed by atoms with Gasteiger partial charge in [-0.1, -0.05) is 140 Å². The molecule has 0 atom stereocenters. The van der Waals surface area contributed by atoms with E-state index in [1.54, 1.807) is 12.5 Å². The SMILES string of the molecule is C=C1/C=C\C=C/Oc2ccc(C(=CN)/C=C(\C=C\C/C=C(/c3ccccc3)c3cccc4ccccc34)c3ccc4oc5ccccc5c4c3)cc21. The molecule has 6 aromatic carbocycles. The number of rotatable bonds is 8. The molecule has 0 bridgehead atoms. The Bertz CT molecular complexity index is 2640. The highest BCUT2D eigenvalue weighted by molar-refractivity contribution is 6.06. The van der Waals surface area contributed by atoms with E-state index >= 15 is 0 Å². The molecule has 0 spiro atoms. The van der Waals surface area contributed by atoms with Gasteiger partial charge < -0.3 is 14.9 Å². The minimum Gasteiger partial charge on any atom is -0.464 e. The molecule has 250 valence electrons. The van der Waals surface area contributed by atoms with Gasteiger partial charge in [0, 0.05) is 22.5 Å². The van der Waals surface area contributed by atoms with Crippen molar-refractivity contribution in [3.8, 4) is 5.75 Å². The number of nitrogens with two attached hydrogens (primary N) is 1. The summed E-state index contributed by atoms with van der Waals surface area (Å²) in [6.45, 7) is 4.27. The maximum Gasteiger partial charge on any atom is 0.135 e.